The molecule has 0 aromatic heterocycles. The van der Waals surface area contributed by atoms with E-state index >= 15 is 0 Å². The average molecular weight is 403 g/mol. The van der Waals surface area contributed by atoms with Crippen LogP contribution in [0.25, 0.3) is 0 Å². The maximum atomic E-state index is 12.8. The molecule has 2 aromatic carbocycles. The number of nitrogens with zero attached hydrogens (tertiary/aromatic N) is 2. The standard InChI is InChI=1S/C21H20Cl2N2O2/c22-18-7-3-1-5-15(18)12-25(21(26)14-9-10-14)13-16-11-20(24-27-16)17-6-2-4-8-19(17)23/h1-8,14,16H,9-13H2/t16-/m1/s1. The van der Waals surface area contributed by atoms with Gasteiger partial charge in [-0.1, -0.05) is 64.8 Å². The fraction of sp³-hybridized carbons (Fsp3) is 0.333. The van der Waals surface area contributed by atoms with Crippen molar-refractivity contribution in [3.8, 4) is 0 Å². The van der Waals surface area contributed by atoms with E-state index in [1.807, 2.05) is 53.4 Å². The molecule has 1 saturated carbocycles. The second-order valence-corrected chi connectivity index (χ2v) is 7.85. The van der Waals surface area contributed by atoms with Gasteiger partial charge in [0.15, 0.2) is 6.10 Å². The van der Waals surface area contributed by atoms with Crippen LogP contribution >= 0.6 is 23.2 Å². The molecule has 1 atom stereocenters. The quantitative estimate of drug-likeness (QED) is 0.687. The van der Waals surface area contributed by atoms with E-state index in [-0.39, 0.29) is 17.9 Å². The molecule has 1 fully saturated rings. The van der Waals surface area contributed by atoms with E-state index in [2.05, 4.69) is 5.16 Å². The van der Waals surface area contributed by atoms with E-state index < -0.39 is 0 Å². The predicted molar refractivity (Wildman–Crippen MR) is 107 cm³/mol. The third-order valence-corrected chi connectivity index (χ3v) is 5.60. The largest absolute Gasteiger partial charge is 0.390 e. The van der Waals surface area contributed by atoms with Crippen molar-refractivity contribution in [3.63, 3.8) is 0 Å². The summed E-state index contributed by atoms with van der Waals surface area (Å²) in [7, 11) is 0. The summed E-state index contributed by atoms with van der Waals surface area (Å²) in [4.78, 5) is 20.3. The molecular weight excluding hydrogens is 383 g/mol. The van der Waals surface area contributed by atoms with Crippen molar-refractivity contribution in [2.75, 3.05) is 6.54 Å². The van der Waals surface area contributed by atoms with Gasteiger partial charge in [0.2, 0.25) is 5.91 Å². The fourth-order valence-electron chi connectivity index (χ4n) is 3.28. The van der Waals surface area contributed by atoms with E-state index in [0.29, 0.717) is 29.6 Å². The van der Waals surface area contributed by atoms with Gasteiger partial charge in [-0.25, -0.2) is 0 Å². The fourth-order valence-corrected chi connectivity index (χ4v) is 3.72. The Balaban J connectivity index is 1.46. The minimum absolute atomic E-state index is 0.137. The molecule has 0 bridgehead atoms. The molecule has 1 aliphatic heterocycles. The third-order valence-electron chi connectivity index (χ3n) is 4.90. The van der Waals surface area contributed by atoms with Gasteiger partial charge in [-0.15, -0.1) is 0 Å². The highest BCUT2D eigenvalue weighted by molar-refractivity contribution is 6.34. The number of benzene rings is 2. The highest BCUT2D eigenvalue weighted by atomic mass is 35.5. The van der Waals surface area contributed by atoms with Crippen molar-refractivity contribution in [2.24, 2.45) is 11.1 Å². The molecule has 4 nitrogen and oxygen atoms in total. The van der Waals surface area contributed by atoms with Crippen LogP contribution in [-0.4, -0.2) is 29.2 Å². The van der Waals surface area contributed by atoms with Gasteiger partial charge in [-0.2, -0.15) is 0 Å². The summed E-state index contributed by atoms with van der Waals surface area (Å²) in [6, 6.07) is 15.2. The molecule has 1 heterocycles. The molecule has 1 aliphatic carbocycles. The van der Waals surface area contributed by atoms with Gasteiger partial charge in [0.05, 0.1) is 12.3 Å². The lowest BCUT2D eigenvalue weighted by molar-refractivity contribution is -0.135. The van der Waals surface area contributed by atoms with Crippen LogP contribution in [0.4, 0.5) is 0 Å². The van der Waals surface area contributed by atoms with Crippen LogP contribution in [0.2, 0.25) is 10.0 Å². The maximum absolute atomic E-state index is 12.8. The number of oxime groups is 1. The van der Waals surface area contributed by atoms with Gasteiger partial charge in [0.25, 0.3) is 0 Å². The number of hydrogen-bond donors (Lipinski definition) is 0. The lowest BCUT2D eigenvalue weighted by Crippen LogP contribution is -2.38. The van der Waals surface area contributed by atoms with Crippen molar-refractivity contribution >= 4 is 34.8 Å². The lowest BCUT2D eigenvalue weighted by Gasteiger charge is -2.25. The minimum atomic E-state index is -0.179. The second kappa shape index (κ2) is 7.91. The van der Waals surface area contributed by atoms with Gasteiger partial charge in [-0.3, -0.25) is 4.79 Å². The van der Waals surface area contributed by atoms with E-state index in [4.69, 9.17) is 28.0 Å². The van der Waals surface area contributed by atoms with E-state index in [1.165, 1.54) is 0 Å². The first-order chi connectivity index (χ1) is 13.1. The van der Waals surface area contributed by atoms with Gasteiger partial charge in [-0.05, 0) is 30.5 Å². The molecule has 0 saturated heterocycles. The molecule has 4 rings (SSSR count). The van der Waals surface area contributed by atoms with Crippen molar-refractivity contribution in [1.29, 1.82) is 0 Å². The lowest BCUT2D eigenvalue weighted by atomic mass is 10.0. The molecule has 0 N–H and O–H groups in total. The zero-order valence-corrected chi connectivity index (χ0v) is 16.3. The summed E-state index contributed by atoms with van der Waals surface area (Å²) in [5, 5.41) is 5.54. The molecule has 2 aromatic rings. The third kappa shape index (κ3) is 4.28. The molecule has 0 radical (unpaired) electrons. The van der Waals surface area contributed by atoms with Crippen LogP contribution in [0.5, 0.6) is 0 Å². The predicted octanol–water partition coefficient (Wildman–Crippen LogP) is 4.93. The van der Waals surface area contributed by atoms with Gasteiger partial charge < -0.3 is 9.74 Å². The summed E-state index contributed by atoms with van der Waals surface area (Å²) in [5.41, 5.74) is 2.65. The first-order valence-corrected chi connectivity index (χ1v) is 9.87. The Bertz CT molecular complexity index is 880. The highest BCUT2D eigenvalue weighted by Gasteiger charge is 2.36. The number of rotatable bonds is 6. The second-order valence-electron chi connectivity index (χ2n) is 7.03. The van der Waals surface area contributed by atoms with Crippen LogP contribution in [0.3, 0.4) is 0 Å². The molecule has 6 heteroatoms. The molecule has 27 heavy (non-hydrogen) atoms. The van der Waals surface area contributed by atoms with Crippen molar-refractivity contribution in [3.05, 3.63) is 69.7 Å². The van der Waals surface area contributed by atoms with E-state index in [0.717, 1.165) is 29.7 Å². The average Bonchev–Trinajstić information content (AvgIpc) is 3.42. The Morgan fingerprint density at radius 2 is 1.78 bits per heavy atom. The Labute approximate surface area is 168 Å². The van der Waals surface area contributed by atoms with Crippen LogP contribution in [0.15, 0.2) is 53.7 Å². The topological polar surface area (TPSA) is 41.9 Å². The number of amides is 1. The molecule has 140 valence electrons. The van der Waals surface area contributed by atoms with Crippen LogP contribution in [0.1, 0.15) is 30.4 Å². The van der Waals surface area contributed by atoms with Crippen LogP contribution < -0.4 is 0 Å². The summed E-state index contributed by atoms with van der Waals surface area (Å²) in [6.45, 7) is 0.967. The molecular formula is C21H20Cl2N2O2. The maximum Gasteiger partial charge on any atom is 0.226 e. The Hall–Kier alpha value is -2.04. The van der Waals surface area contributed by atoms with Crippen molar-refractivity contribution < 1.29 is 9.63 Å². The summed E-state index contributed by atoms with van der Waals surface area (Å²) >= 11 is 12.6. The highest BCUT2D eigenvalue weighted by Crippen LogP contribution is 2.33. The number of carbonyl (C=O) groups excluding carboxylic acids is 1. The van der Waals surface area contributed by atoms with Crippen molar-refractivity contribution in [2.45, 2.75) is 31.9 Å². The molecule has 0 unspecified atom stereocenters. The van der Waals surface area contributed by atoms with Crippen LogP contribution in [0, 0.1) is 5.92 Å². The zero-order chi connectivity index (χ0) is 18.8. The summed E-state index contributed by atoms with van der Waals surface area (Å²) in [6.07, 6.45) is 2.37. The smallest absolute Gasteiger partial charge is 0.226 e. The van der Waals surface area contributed by atoms with Gasteiger partial charge in [0, 0.05) is 34.5 Å². The van der Waals surface area contributed by atoms with Gasteiger partial charge in [0.1, 0.15) is 0 Å². The number of halogens is 2. The first kappa shape index (κ1) is 18.3. The number of hydrogen-bond acceptors (Lipinski definition) is 3. The normalized spacial score (nSPS) is 18.7. The zero-order valence-electron chi connectivity index (χ0n) is 14.8. The molecule has 1 amide bonds. The van der Waals surface area contributed by atoms with Crippen LogP contribution in [-0.2, 0) is 16.2 Å². The van der Waals surface area contributed by atoms with Crippen molar-refractivity contribution in [1.82, 2.24) is 4.90 Å². The monoisotopic (exact) mass is 402 g/mol. The van der Waals surface area contributed by atoms with Gasteiger partial charge >= 0.3 is 0 Å². The minimum Gasteiger partial charge on any atom is -0.390 e. The molecule has 2 aliphatic rings. The Kier molecular flexibility index (Phi) is 5.37. The Morgan fingerprint density at radius 3 is 2.48 bits per heavy atom. The molecule has 0 spiro atoms. The SMILES string of the molecule is O=C(C1CC1)N(Cc1ccccc1Cl)C[C@H]1CC(c2ccccc2Cl)=NO1. The number of carbonyl (C=O) groups is 1. The Morgan fingerprint density at radius 1 is 1.07 bits per heavy atom. The summed E-state index contributed by atoms with van der Waals surface area (Å²) in [5.74, 6) is 0.308. The summed E-state index contributed by atoms with van der Waals surface area (Å²) < 4.78 is 0. The van der Waals surface area contributed by atoms with E-state index in [9.17, 15) is 4.79 Å². The van der Waals surface area contributed by atoms with E-state index in [1.54, 1.807) is 0 Å². The first-order valence-electron chi connectivity index (χ1n) is 9.11.